The van der Waals surface area contributed by atoms with Crippen LogP contribution in [-0.2, 0) is 9.59 Å². The van der Waals surface area contributed by atoms with Crippen LogP contribution in [0.2, 0.25) is 0 Å². The highest BCUT2D eigenvalue weighted by molar-refractivity contribution is 5.95. The topological polar surface area (TPSA) is 67.4 Å². The maximum absolute atomic E-state index is 11.7. The van der Waals surface area contributed by atoms with E-state index in [1.54, 1.807) is 12.1 Å². The molecule has 0 saturated heterocycles. The first-order chi connectivity index (χ1) is 9.45. The van der Waals surface area contributed by atoms with Crippen molar-refractivity contribution in [3.63, 3.8) is 0 Å². The molecule has 0 aromatic heterocycles. The number of carbonyl (C=O) groups is 2. The molecule has 0 radical (unpaired) electrons. The van der Waals surface area contributed by atoms with E-state index in [9.17, 15) is 9.59 Å². The summed E-state index contributed by atoms with van der Waals surface area (Å²) in [7, 11) is 0. The van der Waals surface area contributed by atoms with Crippen LogP contribution in [0.25, 0.3) is 0 Å². The normalized spacial score (nSPS) is 14.4. The summed E-state index contributed by atoms with van der Waals surface area (Å²) >= 11 is 0. The van der Waals surface area contributed by atoms with E-state index < -0.39 is 0 Å². The second kappa shape index (κ2) is 5.77. The molecule has 2 rings (SSSR count). The first kappa shape index (κ1) is 14.1. The van der Waals surface area contributed by atoms with E-state index >= 15 is 0 Å². The Morgan fingerprint density at radius 3 is 2.90 bits per heavy atom. The number of hydrogen-bond acceptors (Lipinski definition) is 3. The maximum atomic E-state index is 11.7. The summed E-state index contributed by atoms with van der Waals surface area (Å²) in [5.74, 6) is 0.350. The smallest absolute Gasteiger partial charge is 0.262 e. The molecule has 5 heteroatoms. The fourth-order valence-electron chi connectivity index (χ4n) is 1.97. The zero-order valence-electron chi connectivity index (χ0n) is 11.8. The Bertz CT molecular complexity index is 574. The predicted octanol–water partition coefficient (Wildman–Crippen LogP) is 2.16. The van der Waals surface area contributed by atoms with Crippen LogP contribution >= 0.6 is 0 Å². The van der Waals surface area contributed by atoms with Gasteiger partial charge in [0.1, 0.15) is 5.75 Å². The minimum atomic E-state index is -0.170. The molecule has 1 aliphatic rings. The molecule has 1 aromatic carbocycles. The Labute approximate surface area is 118 Å². The number of carbonyl (C=O) groups excluding carboxylic acids is 2. The fourth-order valence-corrected chi connectivity index (χ4v) is 1.97. The highest BCUT2D eigenvalue weighted by atomic mass is 16.5. The third-order valence-electron chi connectivity index (χ3n) is 2.92. The van der Waals surface area contributed by atoms with Gasteiger partial charge in [0.15, 0.2) is 6.61 Å². The van der Waals surface area contributed by atoms with Gasteiger partial charge >= 0.3 is 0 Å². The molecule has 2 N–H and O–H groups in total. The molecular formula is C15H18N2O3. The number of ether oxygens (including phenoxy) is 1. The summed E-state index contributed by atoms with van der Waals surface area (Å²) in [6.45, 7) is 5.68. The van der Waals surface area contributed by atoms with Crippen LogP contribution in [0.1, 0.15) is 32.4 Å². The molecule has 5 nitrogen and oxygen atoms in total. The van der Waals surface area contributed by atoms with Gasteiger partial charge in [-0.3, -0.25) is 9.59 Å². The molecule has 0 bridgehead atoms. The van der Waals surface area contributed by atoms with Crippen molar-refractivity contribution in [2.24, 2.45) is 0 Å². The Hall–Kier alpha value is -2.30. The van der Waals surface area contributed by atoms with E-state index in [1.165, 1.54) is 0 Å². The number of anilines is 1. The molecule has 1 atom stereocenters. The molecule has 0 aliphatic carbocycles. The molecule has 0 unspecified atom stereocenters. The molecule has 1 aliphatic heterocycles. The SMILES string of the molecule is CC(C)=CC(=O)N[C@H](C)c1ccc2c(c1)NC(=O)CO2. The second-order valence-electron chi connectivity index (χ2n) is 5.04. The number of amides is 2. The third kappa shape index (κ3) is 3.38. The molecule has 1 aromatic rings. The van der Waals surface area contributed by atoms with Crippen LogP contribution < -0.4 is 15.4 Å². The monoisotopic (exact) mass is 274 g/mol. The van der Waals surface area contributed by atoms with Gasteiger partial charge in [-0.25, -0.2) is 0 Å². The molecule has 106 valence electrons. The fraction of sp³-hybridized carbons (Fsp3) is 0.333. The summed E-state index contributed by atoms with van der Waals surface area (Å²) in [6.07, 6.45) is 1.56. The van der Waals surface area contributed by atoms with E-state index in [2.05, 4.69) is 10.6 Å². The van der Waals surface area contributed by atoms with Gasteiger partial charge in [-0.2, -0.15) is 0 Å². The lowest BCUT2D eigenvalue weighted by Crippen LogP contribution is -2.27. The van der Waals surface area contributed by atoms with Gasteiger partial charge in [0.25, 0.3) is 5.91 Å². The van der Waals surface area contributed by atoms with E-state index in [4.69, 9.17) is 4.74 Å². The van der Waals surface area contributed by atoms with Crippen molar-refractivity contribution in [2.45, 2.75) is 26.8 Å². The lowest BCUT2D eigenvalue weighted by molar-refractivity contribution is -0.119. The van der Waals surface area contributed by atoms with Crippen molar-refractivity contribution in [1.82, 2.24) is 5.32 Å². The minimum absolute atomic E-state index is 0.0409. The lowest BCUT2D eigenvalue weighted by Gasteiger charge is -2.20. The average Bonchev–Trinajstić information content (AvgIpc) is 2.36. The highest BCUT2D eigenvalue weighted by Crippen LogP contribution is 2.30. The predicted molar refractivity (Wildman–Crippen MR) is 76.6 cm³/mol. The standard InChI is InChI=1S/C15H18N2O3/c1-9(2)6-14(18)16-10(3)11-4-5-13-12(7-11)17-15(19)8-20-13/h4-7,10H,8H2,1-3H3,(H,16,18)(H,17,19)/t10-/m1/s1. The number of allylic oxidation sites excluding steroid dienone is 1. The molecule has 1 heterocycles. The van der Waals surface area contributed by atoms with Crippen molar-refractivity contribution in [3.05, 3.63) is 35.4 Å². The number of hydrogen-bond donors (Lipinski definition) is 2. The van der Waals surface area contributed by atoms with E-state index in [0.717, 1.165) is 11.1 Å². The maximum Gasteiger partial charge on any atom is 0.262 e. The number of rotatable bonds is 3. The largest absolute Gasteiger partial charge is 0.482 e. The molecule has 0 fully saturated rings. The molecule has 20 heavy (non-hydrogen) atoms. The minimum Gasteiger partial charge on any atom is -0.482 e. The summed E-state index contributed by atoms with van der Waals surface area (Å²) in [4.78, 5) is 23.0. The molecular weight excluding hydrogens is 256 g/mol. The Morgan fingerprint density at radius 1 is 1.45 bits per heavy atom. The van der Waals surface area contributed by atoms with Gasteiger partial charge in [-0.1, -0.05) is 11.6 Å². The number of benzene rings is 1. The Balaban J connectivity index is 2.13. The molecule has 0 saturated carbocycles. The van der Waals surface area contributed by atoms with Crippen LogP contribution in [0.5, 0.6) is 5.75 Å². The van der Waals surface area contributed by atoms with E-state index in [0.29, 0.717) is 11.4 Å². The van der Waals surface area contributed by atoms with Crippen molar-refractivity contribution < 1.29 is 14.3 Å². The van der Waals surface area contributed by atoms with Crippen molar-refractivity contribution in [2.75, 3.05) is 11.9 Å². The molecule has 0 spiro atoms. The Kier molecular flexibility index (Phi) is 4.08. The number of fused-ring (bicyclic) bond motifs is 1. The van der Waals surface area contributed by atoms with E-state index in [-0.39, 0.29) is 24.5 Å². The van der Waals surface area contributed by atoms with Gasteiger partial charge < -0.3 is 15.4 Å². The van der Waals surface area contributed by atoms with Crippen molar-refractivity contribution >= 4 is 17.5 Å². The zero-order valence-corrected chi connectivity index (χ0v) is 11.8. The summed E-state index contributed by atoms with van der Waals surface area (Å²) in [5, 5.41) is 5.63. The summed E-state index contributed by atoms with van der Waals surface area (Å²) in [6, 6.07) is 5.35. The molecule has 2 amide bonds. The third-order valence-corrected chi connectivity index (χ3v) is 2.92. The van der Waals surface area contributed by atoms with Crippen LogP contribution in [0, 0.1) is 0 Å². The van der Waals surface area contributed by atoms with Crippen molar-refractivity contribution in [3.8, 4) is 5.75 Å². The quantitative estimate of drug-likeness (QED) is 0.830. The van der Waals surface area contributed by atoms with E-state index in [1.807, 2.05) is 32.9 Å². The average molecular weight is 274 g/mol. The first-order valence-corrected chi connectivity index (χ1v) is 6.47. The van der Waals surface area contributed by atoms with Gasteiger partial charge in [0.2, 0.25) is 5.91 Å². The number of nitrogens with one attached hydrogen (secondary N) is 2. The second-order valence-corrected chi connectivity index (χ2v) is 5.04. The first-order valence-electron chi connectivity index (χ1n) is 6.47. The van der Waals surface area contributed by atoms with Gasteiger partial charge in [-0.15, -0.1) is 0 Å². The zero-order chi connectivity index (χ0) is 14.7. The van der Waals surface area contributed by atoms with Crippen LogP contribution in [0.15, 0.2) is 29.8 Å². The van der Waals surface area contributed by atoms with Crippen LogP contribution in [0.3, 0.4) is 0 Å². The van der Waals surface area contributed by atoms with Gasteiger partial charge in [0.05, 0.1) is 11.7 Å². The summed E-state index contributed by atoms with van der Waals surface area (Å²) in [5.41, 5.74) is 2.49. The Morgan fingerprint density at radius 2 is 2.20 bits per heavy atom. The lowest BCUT2D eigenvalue weighted by atomic mass is 10.1. The van der Waals surface area contributed by atoms with Gasteiger partial charge in [0, 0.05) is 6.08 Å². The van der Waals surface area contributed by atoms with Crippen LogP contribution in [0.4, 0.5) is 5.69 Å². The van der Waals surface area contributed by atoms with Crippen molar-refractivity contribution in [1.29, 1.82) is 0 Å². The highest BCUT2D eigenvalue weighted by Gasteiger charge is 2.17. The van der Waals surface area contributed by atoms with Gasteiger partial charge in [-0.05, 0) is 38.5 Å². The summed E-state index contributed by atoms with van der Waals surface area (Å²) < 4.78 is 5.30. The van der Waals surface area contributed by atoms with Crippen LogP contribution in [-0.4, -0.2) is 18.4 Å².